The van der Waals surface area contributed by atoms with E-state index in [1.165, 1.54) is 25.5 Å². The number of methoxy groups -OCH3 is 3. The molecule has 2 N–H and O–H groups in total. The Hall–Kier alpha value is -3.09. The van der Waals surface area contributed by atoms with Crippen molar-refractivity contribution in [1.82, 2.24) is 5.32 Å². The van der Waals surface area contributed by atoms with Crippen LogP contribution in [0.4, 0.5) is 16.2 Å². The smallest absolute Gasteiger partial charge is 0.319 e. The summed E-state index contributed by atoms with van der Waals surface area (Å²) in [7, 11) is 4.62. The van der Waals surface area contributed by atoms with E-state index in [1.54, 1.807) is 19.2 Å². The maximum Gasteiger partial charge on any atom is 0.319 e. The van der Waals surface area contributed by atoms with Crippen LogP contribution in [0.25, 0.3) is 0 Å². The van der Waals surface area contributed by atoms with Crippen LogP contribution in [-0.2, 0) is 6.42 Å². The summed E-state index contributed by atoms with van der Waals surface area (Å²) < 4.78 is 15.9. The number of nitrogens with one attached hydrogen (secondary N) is 2. The number of carbonyl (C=O) groups is 1. The molecule has 1 heterocycles. The zero-order chi connectivity index (χ0) is 19.9. The Balaban J connectivity index is 1.57. The van der Waals surface area contributed by atoms with Gasteiger partial charge in [-0.3, -0.25) is 0 Å². The molecule has 0 radical (unpaired) electrons. The number of carbonyl (C=O) groups excluding carboxylic acids is 1. The third-order valence-corrected chi connectivity index (χ3v) is 4.80. The average Bonchev–Trinajstić information content (AvgIpc) is 2.73. The largest absolute Gasteiger partial charge is 0.493 e. The first-order valence-electron chi connectivity index (χ1n) is 9.34. The van der Waals surface area contributed by atoms with Crippen LogP contribution in [0.15, 0.2) is 36.4 Å². The fourth-order valence-corrected chi connectivity index (χ4v) is 3.48. The fourth-order valence-electron chi connectivity index (χ4n) is 3.48. The summed E-state index contributed by atoms with van der Waals surface area (Å²) in [4.78, 5) is 14.6. The van der Waals surface area contributed by atoms with E-state index in [0.29, 0.717) is 29.5 Å². The molecule has 3 rings (SSSR count). The maximum absolute atomic E-state index is 12.3. The Morgan fingerprint density at radius 2 is 1.79 bits per heavy atom. The third-order valence-electron chi connectivity index (χ3n) is 4.80. The molecular weight excluding hydrogens is 358 g/mol. The molecule has 2 aromatic carbocycles. The number of benzene rings is 2. The SMILES string of the molecule is COc1cc(NC(=O)NCCN2CCCc3ccccc32)cc(OC)c1OC. The van der Waals surface area contributed by atoms with Crippen molar-refractivity contribution in [1.29, 1.82) is 0 Å². The fraction of sp³-hybridized carbons (Fsp3) is 0.381. The van der Waals surface area contributed by atoms with Gasteiger partial charge in [0, 0.05) is 37.5 Å². The number of amides is 2. The highest BCUT2D eigenvalue weighted by molar-refractivity contribution is 5.90. The van der Waals surface area contributed by atoms with Crippen molar-refractivity contribution in [2.75, 3.05) is 51.2 Å². The van der Waals surface area contributed by atoms with Gasteiger partial charge in [-0.2, -0.15) is 0 Å². The first-order chi connectivity index (χ1) is 13.7. The van der Waals surface area contributed by atoms with E-state index in [1.807, 2.05) is 0 Å². The second-order valence-corrected chi connectivity index (χ2v) is 6.51. The number of ether oxygens (including phenoxy) is 3. The van der Waals surface area contributed by atoms with Crippen LogP contribution < -0.4 is 29.7 Å². The molecule has 2 aromatic rings. The highest BCUT2D eigenvalue weighted by Crippen LogP contribution is 2.39. The topological polar surface area (TPSA) is 72.1 Å². The van der Waals surface area contributed by atoms with E-state index in [-0.39, 0.29) is 6.03 Å². The van der Waals surface area contributed by atoms with Gasteiger partial charge in [-0.15, -0.1) is 0 Å². The Morgan fingerprint density at radius 3 is 2.46 bits per heavy atom. The number of fused-ring (bicyclic) bond motifs is 1. The van der Waals surface area contributed by atoms with E-state index >= 15 is 0 Å². The molecular formula is C21H27N3O4. The number of hydrogen-bond acceptors (Lipinski definition) is 5. The molecule has 150 valence electrons. The quantitative estimate of drug-likeness (QED) is 0.765. The molecule has 0 saturated heterocycles. The molecule has 0 spiro atoms. The zero-order valence-corrected chi connectivity index (χ0v) is 16.6. The number of urea groups is 1. The van der Waals surface area contributed by atoms with E-state index < -0.39 is 0 Å². The summed E-state index contributed by atoms with van der Waals surface area (Å²) in [6.45, 7) is 2.32. The van der Waals surface area contributed by atoms with Gasteiger partial charge in [0.05, 0.1) is 27.0 Å². The van der Waals surface area contributed by atoms with Crippen LogP contribution >= 0.6 is 0 Å². The molecule has 1 aliphatic heterocycles. The molecule has 0 aliphatic carbocycles. The first kappa shape index (κ1) is 19.7. The number of nitrogens with zero attached hydrogens (tertiary/aromatic N) is 1. The number of rotatable bonds is 7. The molecule has 0 bridgehead atoms. The van der Waals surface area contributed by atoms with Gasteiger partial charge in [0.2, 0.25) is 5.75 Å². The Bertz CT molecular complexity index is 800. The van der Waals surface area contributed by atoms with Crippen LogP contribution in [0.2, 0.25) is 0 Å². The summed E-state index contributed by atoms with van der Waals surface area (Å²) in [5, 5.41) is 5.72. The molecule has 1 aliphatic rings. The first-order valence-corrected chi connectivity index (χ1v) is 9.34. The van der Waals surface area contributed by atoms with Gasteiger partial charge in [0.15, 0.2) is 11.5 Å². The summed E-state index contributed by atoms with van der Waals surface area (Å²) in [5.41, 5.74) is 3.20. The van der Waals surface area contributed by atoms with Gasteiger partial charge in [0.1, 0.15) is 0 Å². The predicted molar refractivity (Wildman–Crippen MR) is 110 cm³/mol. The summed E-state index contributed by atoms with van der Waals surface area (Å²) in [6, 6.07) is 11.6. The minimum Gasteiger partial charge on any atom is -0.493 e. The van der Waals surface area contributed by atoms with Crippen molar-refractivity contribution in [3.63, 3.8) is 0 Å². The molecule has 28 heavy (non-hydrogen) atoms. The molecule has 7 nitrogen and oxygen atoms in total. The van der Waals surface area contributed by atoms with Crippen molar-refractivity contribution >= 4 is 17.4 Å². The van der Waals surface area contributed by atoms with Gasteiger partial charge >= 0.3 is 6.03 Å². The normalized spacial score (nSPS) is 12.8. The molecule has 0 aromatic heterocycles. The second kappa shape index (κ2) is 9.21. The lowest BCUT2D eigenvalue weighted by Crippen LogP contribution is -2.39. The van der Waals surface area contributed by atoms with Crippen molar-refractivity contribution < 1.29 is 19.0 Å². The molecule has 7 heteroatoms. The van der Waals surface area contributed by atoms with Crippen molar-refractivity contribution in [3.05, 3.63) is 42.0 Å². The average molecular weight is 385 g/mol. The number of anilines is 2. The Morgan fingerprint density at radius 1 is 1.07 bits per heavy atom. The molecule has 0 fully saturated rings. The number of para-hydroxylation sites is 1. The predicted octanol–water partition coefficient (Wildman–Crippen LogP) is 3.29. The summed E-state index contributed by atoms with van der Waals surface area (Å²) in [6.07, 6.45) is 2.25. The molecule has 2 amide bonds. The highest BCUT2D eigenvalue weighted by Gasteiger charge is 2.17. The Labute approximate surface area is 165 Å². The van der Waals surface area contributed by atoms with Gasteiger partial charge in [-0.05, 0) is 24.5 Å². The van der Waals surface area contributed by atoms with E-state index in [0.717, 1.165) is 25.9 Å². The molecule has 0 unspecified atom stereocenters. The van der Waals surface area contributed by atoms with E-state index in [9.17, 15) is 4.79 Å². The Kier molecular flexibility index (Phi) is 6.47. The summed E-state index contributed by atoms with van der Waals surface area (Å²) in [5.74, 6) is 1.46. The molecule has 0 atom stereocenters. The van der Waals surface area contributed by atoms with Crippen LogP contribution in [0.5, 0.6) is 17.2 Å². The maximum atomic E-state index is 12.3. The third kappa shape index (κ3) is 4.42. The van der Waals surface area contributed by atoms with Crippen molar-refractivity contribution in [3.8, 4) is 17.2 Å². The lowest BCUT2D eigenvalue weighted by molar-refractivity contribution is 0.252. The van der Waals surface area contributed by atoms with Crippen molar-refractivity contribution in [2.45, 2.75) is 12.8 Å². The second-order valence-electron chi connectivity index (χ2n) is 6.51. The monoisotopic (exact) mass is 385 g/mol. The van der Waals surface area contributed by atoms with Gasteiger partial charge in [-0.1, -0.05) is 18.2 Å². The minimum absolute atomic E-state index is 0.278. The lowest BCUT2D eigenvalue weighted by Gasteiger charge is -2.31. The van der Waals surface area contributed by atoms with E-state index in [2.05, 4.69) is 39.8 Å². The van der Waals surface area contributed by atoms with Gasteiger partial charge in [0.25, 0.3) is 0 Å². The molecule has 0 saturated carbocycles. The standard InChI is InChI=1S/C21H27N3O4/c1-26-18-13-16(14-19(27-2)20(18)28-3)23-21(25)22-10-12-24-11-6-8-15-7-4-5-9-17(15)24/h4-5,7,9,13-14H,6,8,10-12H2,1-3H3,(H2,22,23,25). The summed E-state index contributed by atoms with van der Waals surface area (Å²) >= 11 is 0. The number of hydrogen-bond donors (Lipinski definition) is 2. The van der Waals surface area contributed by atoms with Crippen LogP contribution in [0, 0.1) is 0 Å². The van der Waals surface area contributed by atoms with Crippen LogP contribution in [-0.4, -0.2) is 47.0 Å². The van der Waals surface area contributed by atoms with Crippen LogP contribution in [0.3, 0.4) is 0 Å². The van der Waals surface area contributed by atoms with Crippen molar-refractivity contribution in [2.24, 2.45) is 0 Å². The van der Waals surface area contributed by atoms with Gasteiger partial charge in [-0.25, -0.2) is 4.79 Å². The highest BCUT2D eigenvalue weighted by atomic mass is 16.5. The van der Waals surface area contributed by atoms with Gasteiger partial charge < -0.3 is 29.7 Å². The lowest BCUT2D eigenvalue weighted by atomic mass is 10.0. The van der Waals surface area contributed by atoms with Crippen LogP contribution in [0.1, 0.15) is 12.0 Å². The minimum atomic E-state index is -0.278. The van der Waals surface area contributed by atoms with E-state index in [4.69, 9.17) is 14.2 Å². The zero-order valence-electron chi connectivity index (χ0n) is 16.6. The number of aryl methyl sites for hydroxylation is 1.